The third-order valence-corrected chi connectivity index (χ3v) is 7.91. The number of aryl methyl sites for hydroxylation is 1. The van der Waals surface area contributed by atoms with Crippen molar-refractivity contribution >= 4 is 22.9 Å². The van der Waals surface area contributed by atoms with Crippen LogP contribution in [0.3, 0.4) is 0 Å². The van der Waals surface area contributed by atoms with E-state index in [1.807, 2.05) is 25.1 Å². The van der Waals surface area contributed by atoms with Gasteiger partial charge in [0.05, 0.1) is 18.9 Å². The maximum absolute atomic E-state index is 12.3. The molecule has 4 nitrogen and oxygen atoms in total. The number of fused-ring (bicyclic) bond motifs is 1. The average Bonchev–Trinajstić information content (AvgIpc) is 3.04. The molecule has 0 aromatic heterocycles. The van der Waals surface area contributed by atoms with E-state index in [4.69, 9.17) is 4.74 Å². The lowest BCUT2D eigenvalue weighted by molar-refractivity contribution is -0.125. The lowest BCUT2D eigenvalue weighted by Crippen LogP contribution is -2.34. The van der Waals surface area contributed by atoms with Crippen LogP contribution in [0.25, 0.3) is 11.1 Å². The smallest absolute Gasteiger partial charge is 0.289 e. The number of carbonyl (C=O) groups excluding carboxylic acids is 2. The van der Waals surface area contributed by atoms with E-state index in [0.29, 0.717) is 6.61 Å². The second-order valence-corrected chi connectivity index (χ2v) is 11.2. The van der Waals surface area contributed by atoms with Crippen LogP contribution in [0.5, 0.6) is 5.75 Å². The zero-order valence-electron chi connectivity index (χ0n) is 20.0. The van der Waals surface area contributed by atoms with E-state index in [1.54, 1.807) is 0 Å². The highest BCUT2D eigenvalue weighted by Gasteiger charge is 2.38. The van der Waals surface area contributed by atoms with Gasteiger partial charge in [-0.15, -0.1) is 0 Å². The standard InChI is InChI=1S/C27H33NO3S/c1-7-31-22-10-8-9-18(15-28-23(29)16-32-25(28)30)24(22)19-14-21-20(13-17(19)2)26(3,4)11-12-27(21,5)6/h8-10,13-14H,7,11-12,15-16H2,1-6H3. The Kier molecular flexibility index (Phi) is 5.91. The summed E-state index contributed by atoms with van der Waals surface area (Å²) in [6, 6.07) is 10.6. The Morgan fingerprint density at radius 3 is 2.28 bits per heavy atom. The van der Waals surface area contributed by atoms with E-state index < -0.39 is 0 Å². The maximum Gasteiger partial charge on any atom is 0.289 e. The van der Waals surface area contributed by atoms with Crippen LogP contribution in [0.15, 0.2) is 30.3 Å². The first kappa shape index (κ1) is 22.9. The van der Waals surface area contributed by atoms with Crippen molar-refractivity contribution in [2.45, 2.75) is 71.8 Å². The van der Waals surface area contributed by atoms with Crippen molar-refractivity contribution in [3.8, 4) is 16.9 Å². The number of rotatable bonds is 5. The number of ether oxygens (including phenoxy) is 1. The first-order chi connectivity index (χ1) is 15.0. The second kappa shape index (κ2) is 8.26. The number of nitrogens with zero attached hydrogens (tertiary/aromatic N) is 1. The number of amides is 2. The van der Waals surface area contributed by atoms with Gasteiger partial charge in [-0.1, -0.05) is 57.7 Å². The van der Waals surface area contributed by atoms with Crippen LogP contribution in [-0.2, 0) is 22.2 Å². The lowest BCUT2D eigenvalue weighted by Gasteiger charge is -2.42. The third-order valence-electron chi connectivity index (χ3n) is 7.05. The van der Waals surface area contributed by atoms with Gasteiger partial charge in [0.2, 0.25) is 5.91 Å². The highest BCUT2D eigenvalue weighted by molar-refractivity contribution is 8.14. The Morgan fingerprint density at radius 1 is 1.03 bits per heavy atom. The molecule has 2 aromatic rings. The van der Waals surface area contributed by atoms with Gasteiger partial charge in [0.25, 0.3) is 5.24 Å². The Labute approximate surface area is 195 Å². The summed E-state index contributed by atoms with van der Waals surface area (Å²) >= 11 is 1.08. The summed E-state index contributed by atoms with van der Waals surface area (Å²) in [6.07, 6.45) is 2.31. The number of carbonyl (C=O) groups is 2. The van der Waals surface area contributed by atoms with Crippen LogP contribution in [0.2, 0.25) is 0 Å². The Bertz CT molecular complexity index is 1070. The Morgan fingerprint density at radius 2 is 1.69 bits per heavy atom. The summed E-state index contributed by atoms with van der Waals surface area (Å²) < 4.78 is 6.05. The second-order valence-electron chi connectivity index (χ2n) is 10.2. The average molecular weight is 452 g/mol. The van der Waals surface area contributed by atoms with Gasteiger partial charge < -0.3 is 4.74 Å². The molecule has 0 saturated carbocycles. The number of hydrogen-bond donors (Lipinski definition) is 0. The van der Waals surface area contributed by atoms with E-state index in [2.05, 4.69) is 46.8 Å². The molecule has 1 aliphatic heterocycles. The van der Waals surface area contributed by atoms with E-state index >= 15 is 0 Å². The molecule has 5 heteroatoms. The van der Waals surface area contributed by atoms with Gasteiger partial charge in [-0.25, -0.2) is 0 Å². The molecule has 1 aliphatic carbocycles. The van der Waals surface area contributed by atoms with Gasteiger partial charge in [-0.3, -0.25) is 14.5 Å². The highest BCUT2D eigenvalue weighted by Crippen LogP contribution is 2.49. The van der Waals surface area contributed by atoms with E-state index in [9.17, 15) is 9.59 Å². The van der Waals surface area contributed by atoms with Crippen molar-refractivity contribution < 1.29 is 14.3 Å². The Balaban J connectivity index is 1.91. The molecule has 1 saturated heterocycles. The molecule has 0 N–H and O–H groups in total. The number of thioether (sulfide) groups is 1. The predicted octanol–water partition coefficient (Wildman–Crippen LogP) is 6.61. The van der Waals surface area contributed by atoms with Crippen molar-refractivity contribution in [3.63, 3.8) is 0 Å². The van der Waals surface area contributed by atoms with Gasteiger partial charge in [-0.2, -0.15) is 0 Å². The highest BCUT2D eigenvalue weighted by atomic mass is 32.2. The fourth-order valence-corrected chi connectivity index (χ4v) is 5.71. The fraction of sp³-hybridized carbons (Fsp3) is 0.481. The lowest BCUT2D eigenvalue weighted by atomic mass is 9.62. The molecule has 2 aromatic carbocycles. The topological polar surface area (TPSA) is 46.6 Å². The van der Waals surface area contributed by atoms with Crippen molar-refractivity contribution in [2.75, 3.05) is 12.4 Å². The molecule has 0 radical (unpaired) electrons. The minimum Gasteiger partial charge on any atom is -0.493 e. The number of imide groups is 1. The summed E-state index contributed by atoms with van der Waals surface area (Å²) in [5, 5.41) is -0.173. The summed E-state index contributed by atoms with van der Waals surface area (Å²) in [5.74, 6) is 0.894. The molecule has 0 bridgehead atoms. The molecule has 32 heavy (non-hydrogen) atoms. The molecule has 170 valence electrons. The van der Waals surface area contributed by atoms with E-state index in [0.717, 1.165) is 40.6 Å². The zero-order chi connectivity index (χ0) is 23.3. The van der Waals surface area contributed by atoms with Gasteiger partial charge in [-0.05, 0) is 77.5 Å². The van der Waals surface area contributed by atoms with Gasteiger partial charge >= 0.3 is 0 Å². The summed E-state index contributed by atoms with van der Waals surface area (Å²) in [5.41, 5.74) is 7.29. The molecular weight excluding hydrogens is 418 g/mol. The third kappa shape index (κ3) is 3.96. The van der Waals surface area contributed by atoms with Crippen LogP contribution in [0, 0.1) is 6.92 Å². The quantitative estimate of drug-likeness (QED) is 0.513. The van der Waals surface area contributed by atoms with Crippen LogP contribution in [-0.4, -0.2) is 28.4 Å². The van der Waals surface area contributed by atoms with Crippen LogP contribution in [0.1, 0.15) is 69.7 Å². The van der Waals surface area contributed by atoms with Crippen molar-refractivity contribution in [2.24, 2.45) is 0 Å². The molecule has 1 heterocycles. The molecule has 2 amide bonds. The van der Waals surface area contributed by atoms with Gasteiger partial charge in [0.15, 0.2) is 0 Å². The zero-order valence-corrected chi connectivity index (χ0v) is 20.8. The molecule has 4 rings (SSSR count). The molecule has 1 fully saturated rings. The SMILES string of the molecule is CCOc1cccc(CN2C(=O)CSC2=O)c1-c1cc2c(cc1C)C(C)(C)CCC2(C)C. The largest absolute Gasteiger partial charge is 0.493 e. The van der Waals surface area contributed by atoms with Crippen LogP contribution in [0.4, 0.5) is 4.79 Å². The van der Waals surface area contributed by atoms with E-state index in [1.165, 1.54) is 28.0 Å². The summed E-state index contributed by atoms with van der Waals surface area (Å²) in [7, 11) is 0. The normalized spacial score (nSPS) is 19.2. The summed E-state index contributed by atoms with van der Waals surface area (Å²) in [6.45, 7) is 14.3. The van der Waals surface area contributed by atoms with Crippen molar-refractivity contribution in [1.82, 2.24) is 4.90 Å². The van der Waals surface area contributed by atoms with Gasteiger partial charge in [0, 0.05) is 5.56 Å². The molecule has 0 spiro atoms. The van der Waals surface area contributed by atoms with Crippen molar-refractivity contribution in [1.29, 1.82) is 0 Å². The predicted molar refractivity (Wildman–Crippen MR) is 131 cm³/mol. The molecule has 2 aliphatic rings. The number of benzene rings is 2. The molecule has 0 unspecified atom stereocenters. The van der Waals surface area contributed by atoms with Crippen LogP contribution >= 0.6 is 11.8 Å². The first-order valence-electron chi connectivity index (χ1n) is 11.4. The summed E-state index contributed by atoms with van der Waals surface area (Å²) in [4.78, 5) is 26.0. The maximum atomic E-state index is 12.3. The number of hydrogen-bond acceptors (Lipinski definition) is 4. The van der Waals surface area contributed by atoms with Crippen LogP contribution < -0.4 is 4.74 Å². The fourth-order valence-electron chi connectivity index (χ4n) is 4.99. The molecular formula is C27H33NO3S. The van der Waals surface area contributed by atoms with Crippen molar-refractivity contribution in [3.05, 3.63) is 52.6 Å². The van der Waals surface area contributed by atoms with Gasteiger partial charge in [0.1, 0.15) is 5.75 Å². The minimum atomic E-state index is -0.173. The Hall–Kier alpha value is -2.27. The minimum absolute atomic E-state index is 0.0888. The van der Waals surface area contributed by atoms with E-state index in [-0.39, 0.29) is 34.3 Å². The monoisotopic (exact) mass is 451 g/mol. The first-order valence-corrected chi connectivity index (χ1v) is 12.4. The molecule has 0 atom stereocenters.